The van der Waals surface area contributed by atoms with Gasteiger partial charge >= 0.3 is 17.9 Å². The van der Waals surface area contributed by atoms with Crippen LogP contribution in [0.1, 0.15) is 245 Å². The molecule has 0 aromatic heterocycles. The van der Waals surface area contributed by atoms with Gasteiger partial charge in [-0.2, -0.15) is 0 Å². The van der Waals surface area contributed by atoms with Crippen LogP contribution in [-0.4, -0.2) is 37.2 Å². The van der Waals surface area contributed by atoms with Crippen LogP contribution >= 0.6 is 0 Å². The number of unbranched alkanes of at least 4 members (excludes halogenated alkanes) is 26. The second-order valence-corrected chi connectivity index (χ2v) is 18.3. The van der Waals surface area contributed by atoms with E-state index in [1.807, 2.05) is 0 Å². The van der Waals surface area contributed by atoms with Crippen LogP contribution in [0.3, 0.4) is 0 Å². The first-order valence-corrected chi connectivity index (χ1v) is 28.0. The fourth-order valence-electron chi connectivity index (χ4n) is 7.44. The van der Waals surface area contributed by atoms with E-state index in [0.29, 0.717) is 19.3 Å². The number of hydrogen-bond acceptors (Lipinski definition) is 6. The highest BCUT2D eigenvalue weighted by molar-refractivity contribution is 5.71. The maximum Gasteiger partial charge on any atom is 0.306 e. The average Bonchev–Trinajstić information content (AvgIpc) is 3.34. The van der Waals surface area contributed by atoms with E-state index in [4.69, 9.17) is 14.2 Å². The van der Waals surface area contributed by atoms with Gasteiger partial charge in [-0.1, -0.05) is 246 Å². The summed E-state index contributed by atoms with van der Waals surface area (Å²) >= 11 is 0. The van der Waals surface area contributed by atoms with Crippen LogP contribution in [0.4, 0.5) is 0 Å². The molecule has 0 aromatic rings. The number of hydrogen-bond donors (Lipinski definition) is 0. The molecule has 0 aliphatic rings. The summed E-state index contributed by atoms with van der Waals surface area (Å²) in [6.07, 6.45) is 75.0. The number of carbonyl (C=O) groups excluding carboxylic acids is 3. The number of rotatable bonds is 49. The molecule has 0 heterocycles. The van der Waals surface area contributed by atoms with Gasteiger partial charge in [0.15, 0.2) is 6.10 Å². The summed E-state index contributed by atoms with van der Waals surface area (Å²) in [6.45, 7) is 6.40. The lowest BCUT2D eigenvalue weighted by molar-refractivity contribution is -0.167. The first kappa shape index (κ1) is 64.1. The molecule has 0 spiro atoms. The molecule has 386 valence electrons. The van der Waals surface area contributed by atoms with Crippen molar-refractivity contribution in [2.24, 2.45) is 0 Å². The molecule has 0 saturated heterocycles. The predicted octanol–water partition coefficient (Wildman–Crippen LogP) is 18.7. The highest BCUT2D eigenvalue weighted by Gasteiger charge is 2.19. The van der Waals surface area contributed by atoms with Crippen LogP contribution in [0, 0.1) is 0 Å². The SMILES string of the molecule is CC\C=C/C=C\C=C/CCCCCCCC(=O)OCC(COC(=O)CCCCCCCCCCCC/C=C\C=C/CCCCC)OC(=O)CCCCCCC\C=C/C=C\C=C/C=C\CCCCC. The molecule has 6 heteroatoms. The Hall–Kier alpha value is -3.93. The Morgan fingerprint density at radius 2 is 0.574 bits per heavy atom. The molecule has 0 N–H and O–H groups in total. The van der Waals surface area contributed by atoms with Gasteiger partial charge in [0.25, 0.3) is 0 Å². The van der Waals surface area contributed by atoms with E-state index in [1.54, 1.807) is 0 Å². The maximum atomic E-state index is 12.8. The fraction of sp³-hybridized carbons (Fsp3) is 0.661. The lowest BCUT2D eigenvalue weighted by Gasteiger charge is -2.18. The minimum atomic E-state index is -0.803. The molecule has 0 aliphatic heterocycles. The van der Waals surface area contributed by atoms with E-state index >= 15 is 0 Å². The Labute approximate surface area is 419 Å². The fourth-order valence-corrected chi connectivity index (χ4v) is 7.44. The molecule has 0 aromatic carbocycles. The van der Waals surface area contributed by atoms with Gasteiger partial charge in [-0.25, -0.2) is 0 Å². The van der Waals surface area contributed by atoms with Crippen LogP contribution in [-0.2, 0) is 28.6 Å². The standard InChI is InChI=1S/C62H102O6/c1-4-7-10-13-16-19-22-25-27-29-31-33-34-37-40-43-46-49-52-55-61(64)67-58-59(57-66-60(63)54-51-48-45-42-39-36-24-21-18-15-12-9-6-3)68-62(65)56-53-50-47-44-41-38-35-32-30-28-26-23-20-17-14-11-8-5-2/h9,12,15-26,28,30,32,35,59H,4-8,10-11,13-14,27,29,31,33-34,36-58H2,1-3H3/b12-9-,18-15-,19-16-,20-17-,24-21-,25-22-,26-23-,30-28-,35-32-. The molecular weight excluding hydrogens is 841 g/mol. The van der Waals surface area contributed by atoms with Gasteiger partial charge in [0.05, 0.1) is 0 Å². The van der Waals surface area contributed by atoms with Crippen molar-refractivity contribution in [1.82, 2.24) is 0 Å². The van der Waals surface area contributed by atoms with E-state index in [1.165, 1.54) is 96.3 Å². The largest absolute Gasteiger partial charge is 0.462 e. The molecule has 1 atom stereocenters. The molecule has 0 aliphatic carbocycles. The molecule has 0 saturated carbocycles. The Bertz CT molecular complexity index is 1410. The minimum absolute atomic E-state index is 0.0981. The molecule has 0 radical (unpaired) electrons. The van der Waals surface area contributed by atoms with Crippen molar-refractivity contribution in [3.05, 3.63) is 109 Å². The monoisotopic (exact) mass is 943 g/mol. The van der Waals surface area contributed by atoms with Crippen LogP contribution in [0.15, 0.2) is 109 Å². The van der Waals surface area contributed by atoms with Gasteiger partial charge in [-0.15, -0.1) is 0 Å². The van der Waals surface area contributed by atoms with Gasteiger partial charge < -0.3 is 14.2 Å². The highest BCUT2D eigenvalue weighted by atomic mass is 16.6. The quantitative estimate of drug-likeness (QED) is 0.0262. The summed E-state index contributed by atoms with van der Waals surface area (Å²) in [5.41, 5.74) is 0. The van der Waals surface area contributed by atoms with Crippen molar-refractivity contribution in [3.8, 4) is 0 Å². The normalized spacial score (nSPS) is 12.9. The molecule has 0 rings (SSSR count). The smallest absolute Gasteiger partial charge is 0.306 e. The van der Waals surface area contributed by atoms with Gasteiger partial charge in [-0.05, 0) is 89.9 Å². The van der Waals surface area contributed by atoms with E-state index in [9.17, 15) is 14.4 Å². The minimum Gasteiger partial charge on any atom is -0.462 e. The molecule has 0 amide bonds. The van der Waals surface area contributed by atoms with Crippen molar-refractivity contribution in [2.45, 2.75) is 252 Å². The summed E-state index contributed by atoms with van der Waals surface area (Å²) < 4.78 is 16.8. The van der Waals surface area contributed by atoms with Gasteiger partial charge in [-0.3, -0.25) is 14.4 Å². The zero-order valence-corrected chi connectivity index (χ0v) is 44.1. The Morgan fingerprint density at radius 1 is 0.309 bits per heavy atom. The second-order valence-electron chi connectivity index (χ2n) is 18.3. The molecule has 68 heavy (non-hydrogen) atoms. The average molecular weight is 943 g/mol. The summed E-state index contributed by atoms with van der Waals surface area (Å²) in [7, 11) is 0. The molecule has 0 fully saturated rings. The third kappa shape index (κ3) is 53.0. The lowest BCUT2D eigenvalue weighted by Crippen LogP contribution is -2.30. The summed E-state index contributed by atoms with van der Waals surface area (Å²) in [6, 6.07) is 0. The van der Waals surface area contributed by atoms with Crippen molar-refractivity contribution in [2.75, 3.05) is 13.2 Å². The highest BCUT2D eigenvalue weighted by Crippen LogP contribution is 2.14. The maximum absolute atomic E-state index is 12.8. The Balaban J connectivity index is 4.46. The topological polar surface area (TPSA) is 78.9 Å². The summed E-state index contributed by atoms with van der Waals surface area (Å²) in [5.74, 6) is -0.946. The van der Waals surface area contributed by atoms with Gasteiger partial charge in [0.1, 0.15) is 13.2 Å². The van der Waals surface area contributed by atoms with Crippen LogP contribution in [0.25, 0.3) is 0 Å². The van der Waals surface area contributed by atoms with Gasteiger partial charge in [0, 0.05) is 19.3 Å². The molecule has 6 nitrogen and oxygen atoms in total. The second kappa shape index (κ2) is 55.7. The number of allylic oxidation sites excluding steroid dienone is 18. The van der Waals surface area contributed by atoms with E-state index in [0.717, 1.165) is 109 Å². The Morgan fingerprint density at radius 3 is 0.912 bits per heavy atom. The van der Waals surface area contributed by atoms with E-state index in [-0.39, 0.29) is 31.1 Å². The van der Waals surface area contributed by atoms with Gasteiger partial charge in [0.2, 0.25) is 0 Å². The molecule has 1 unspecified atom stereocenters. The number of esters is 3. The Kier molecular flexibility index (Phi) is 52.4. The number of ether oxygens (including phenoxy) is 3. The van der Waals surface area contributed by atoms with Crippen molar-refractivity contribution in [3.63, 3.8) is 0 Å². The third-order valence-electron chi connectivity index (χ3n) is 11.7. The lowest BCUT2D eigenvalue weighted by atomic mass is 10.1. The first-order chi connectivity index (χ1) is 33.5. The zero-order valence-electron chi connectivity index (χ0n) is 44.1. The van der Waals surface area contributed by atoms with Crippen LogP contribution in [0.5, 0.6) is 0 Å². The van der Waals surface area contributed by atoms with Crippen molar-refractivity contribution >= 4 is 17.9 Å². The van der Waals surface area contributed by atoms with Crippen LogP contribution in [0.2, 0.25) is 0 Å². The van der Waals surface area contributed by atoms with Crippen molar-refractivity contribution < 1.29 is 28.6 Å². The summed E-state index contributed by atoms with van der Waals surface area (Å²) in [5, 5.41) is 0. The summed E-state index contributed by atoms with van der Waals surface area (Å²) in [4.78, 5) is 38.1. The van der Waals surface area contributed by atoms with Crippen molar-refractivity contribution in [1.29, 1.82) is 0 Å². The zero-order chi connectivity index (χ0) is 49.3. The molecular formula is C62H102O6. The third-order valence-corrected chi connectivity index (χ3v) is 11.7. The number of carbonyl (C=O) groups is 3. The van der Waals surface area contributed by atoms with E-state index in [2.05, 4.69) is 130 Å². The predicted molar refractivity (Wildman–Crippen MR) is 293 cm³/mol. The van der Waals surface area contributed by atoms with Crippen LogP contribution < -0.4 is 0 Å². The van der Waals surface area contributed by atoms with E-state index < -0.39 is 6.10 Å². The first-order valence-electron chi connectivity index (χ1n) is 28.0. The molecule has 0 bridgehead atoms.